The molecule has 1 aromatic carbocycles. The minimum atomic E-state index is -0.589. The highest BCUT2D eigenvalue weighted by Gasteiger charge is 2.07. The maximum atomic E-state index is 11.1. The van der Waals surface area contributed by atoms with Crippen LogP contribution < -0.4 is 4.74 Å². The molecule has 1 aromatic rings. The number of carbonyl (C=O) groups is 2. The fourth-order valence-corrected chi connectivity index (χ4v) is 1.11. The lowest BCUT2D eigenvalue weighted by Gasteiger charge is -2.02. The Morgan fingerprint density at radius 3 is 2.27 bits per heavy atom. The van der Waals surface area contributed by atoms with Crippen LogP contribution in [0.2, 0.25) is 0 Å². The highest BCUT2D eigenvalue weighted by atomic mass is 16.6. The lowest BCUT2D eigenvalue weighted by atomic mass is 10.1. The van der Waals surface area contributed by atoms with Gasteiger partial charge in [-0.3, -0.25) is 9.59 Å². The number of rotatable bonds is 3. The van der Waals surface area contributed by atoms with Gasteiger partial charge in [-0.05, 0) is 17.7 Å². The molecule has 0 unspecified atom stereocenters. The molecule has 1 rings (SSSR count). The number of hydrogen-bond donors (Lipinski definition) is 0. The molecule has 15 heavy (non-hydrogen) atoms. The quantitative estimate of drug-likeness (QED) is 0.555. The summed E-state index contributed by atoms with van der Waals surface area (Å²) in [4.78, 5) is 21.6. The zero-order valence-electron chi connectivity index (χ0n) is 8.65. The van der Waals surface area contributed by atoms with Crippen LogP contribution >= 0.6 is 0 Å². The van der Waals surface area contributed by atoms with Gasteiger partial charge < -0.3 is 9.47 Å². The Morgan fingerprint density at radius 2 is 1.80 bits per heavy atom. The first kappa shape index (κ1) is 11.2. The van der Waals surface area contributed by atoms with Crippen LogP contribution in [0.1, 0.15) is 12.5 Å². The maximum absolute atomic E-state index is 11.1. The first-order chi connectivity index (χ1) is 7.11. The van der Waals surface area contributed by atoms with E-state index in [-0.39, 0.29) is 6.42 Å². The Bertz CT molecular complexity index is 353. The number of esters is 2. The molecule has 0 saturated heterocycles. The fraction of sp³-hybridized carbons (Fsp3) is 0.273. The van der Waals surface area contributed by atoms with Gasteiger partial charge in [-0.1, -0.05) is 12.1 Å². The third-order valence-electron chi connectivity index (χ3n) is 1.77. The average Bonchev–Trinajstić information content (AvgIpc) is 2.17. The molecule has 0 atom stereocenters. The van der Waals surface area contributed by atoms with E-state index in [1.165, 1.54) is 6.92 Å². The Balaban J connectivity index is 2.57. The van der Waals surface area contributed by atoms with Crippen molar-refractivity contribution >= 4 is 11.9 Å². The van der Waals surface area contributed by atoms with Crippen LogP contribution in [0.25, 0.3) is 0 Å². The molecule has 4 heteroatoms. The second kappa shape index (κ2) is 5.14. The standard InChI is InChI=1S/C11H12O4/c1-8(12)15-11(13)7-9-3-5-10(14-2)6-4-9/h3-6H,7H2,1-2H3. The fourth-order valence-electron chi connectivity index (χ4n) is 1.11. The Kier molecular flexibility index (Phi) is 3.85. The van der Waals surface area contributed by atoms with Gasteiger partial charge in [-0.15, -0.1) is 0 Å². The van der Waals surface area contributed by atoms with Gasteiger partial charge in [-0.25, -0.2) is 0 Å². The van der Waals surface area contributed by atoms with Crippen LogP contribution in [-0.4, -0.2) is 19.0 Å². The third-order valence-corrected chi connectivity index (χ3v) is 1.77. The van der Waals surface area contributed by atoms with E-state index in [0.717, 1.165) is 11.3 Å². The van der Waals surface area contributed by atoms with E-state index in [2.05, 4.69) is 4.74 Å². The number of benzene rings is 1. The van der Waals surface area contributed by atoms with Gasteiger partial charge in [0, 0.05) is 6.92 Å². The summed E-state index contributed by atoms with van der Waals surface area (Å²) in [5.41, 5.74) is 0.780. The van der Waals surface area contributed by atoms with E-state index in [0.29, 0.717) is 0 Å². The minimum absolute atomic E-state index is 0.0869. The van der Waals surface area contributed by atoms with Gasteiger partial charge >= 0.3 is 11.9 Å². The summed E-state index contributed by atoms with van der Waals surface area (Å²) in [5, 5.41) is 0. The third kappa shape index (κ3) is 3.81. The van der Waals surface area contributed by atoms with Crippen LogP contribution in [0.15, 0.2) is 24.3 Å². The minimum Gasteiger partial charge on any atom is -0.497 e. The van der Waals surface area contributed by atoms with E-state index in [9.17, 15) is 9.59 Å². The van der Waals surface area contributed by atoms with E-state index in [1.54, 1.807) is 31.4 Å². The Morgan fingerprint density at radius 1 is 1.20 bits per heavy atom. The highest BCUT2D eigenvalue weighted by Crippen LogP contribution is 2.11. The highest BCUT2D eigenvalue weighted by molar-refractivity contribution is 5.85. The van der Waals surface area contributed by atoms with Crippen LogP contribution in [0.3, 0.4) is 0 Å². The Hall–Kier alpha value is -1.84. The van der Waals surface area contributed by atoms with Gasteiger partial charge in [-0.2, -0.15) is 0 Å². The molecule has 0 bridgehead atoms. The molecule has 0 aliphatic heterocycles. The van der Waals surface area contributed by atoms with E-state index in [4.69, 9.17) is 4.74 Å². The molecular weight excluding hydrogens is 196 g/mol. The largest absolute Gasteiger partial charge is 0.497 e. The number of hydrogen-bond acceptors (Lipinski definition) is 4. The second-order valence-corrected chi connectivity index (χ2v) is 2.99. The molecule has 80 valence electrons. The SMILES string of the molecule is COc1ccc(CC(=O)OC(C)=O)cc1. The van der Waals surface area contributed by atoms with Crippen molar-refractivity contribution in [3.8, 4) is 5.75 Å². The van der Waals surface area contributed by atoms with Gasteiger partial charge in [0.15, 0.2) is 0 Å². The van der Waals surface area contributed by atoms with Gasteiger partial charge in [0.25, 0.3) is 0 Å². The zero-order chi connectivity index (χ0) is 11.3. The summed E-state index contributed by atoms with van der Waals surface area (Å²) >= 11 is 0. The van der Waals surface area contributed by atoms with Crippen molar-refractivity contribution in [3.05, 3.63) is 29.8 Å². The van der Waals surface area contributed by atoms with Crippen molar-refractivity contribution in [2.24, 2.45) is 0 Å². The predicted molar refractivity (Wildman–Crippen MR) is 53.5 cm³/mol. The summed E-state index contributed by atoms with van der Waals surface area (Å²) in [5.74, 6) is -0.417. The van der Waals surface area contributed by atoms with Crippen LogP contribution in [0, 0.1) is 0 Å². The molecule has 4 nitrogen and oxygen atoms in total. The number of carbonyl (C=O) groups excluding carboxylic acids is 2. The van der Waals surface area contributed by atoms with Crippen molar-refractivity contribution in [2.45, 2.75) is 13.3 Å². The molecule has 0 aliphatic rings. The molecule has 0 spiro atoms. The molecule has 0 aromatic heterocycles. The molecule has 0 fully saturated rings. The average molecular weight is 208 g/mol. The predicted octanol–water partition coefficient (Wildman–Crippen LogP) is 1.33. The van der Waals surface area contributed by atoms with Crippen molar-refractivity contribution in [3.63, 3.8) is 0 Å². The van der Waals surface area contributed by atoms with Gasteiger partial charge in [0.1, 0.15) is 5.75 Å². The topological polar surface area (TPSA) is 52.6 Å². The normalized spacial score (nSPS) is 9.47. The summed E-state index contributed by atoms with van der Waals surface area (Å²) in [7, 11) is 1.57. The first-order valence-corrected chi connectivity index (χ1v) is 4.46. The van der Waals surface area contributed by atoms with Crippen molar-refractivity contribution in [2.75, 3.05) is 7.11 Å². The number of methoxy groups -OCH3 is 1. The lowest BCUT2D eigenvalue weighted by molar-refractivity contribution is -0.157. The lowest BCUT2D eigenvalue weighted by Crippen LogP contribution is -2.11. The summed E-state index contributed by atoms with van der Waals surface area (Å²) in [6.45, 7) is 1.20. The Labute approximate surface area is 87.8 Å². The van der Waals surface area contributed by atoms with Crippen LogP contribution in [0.4, 0.5) is 0 Å². The molecule has 0 heterocycles. The second-order valence-electron chi connectivity index (χ2n) is 2.99. The summed E-state index contributed by atoms with van der Waals surface area (Å²) < 4.78 is 9.37. The molecule has 0 radical (unpaired) electrons. The van der Waals surface area contributed by atoms with Gasteiger partial charge in [0.2, 0.25) is 0 Å². The van der Waals surface area contributed by atoms with Crippen LogP contribution in [0.5, 0.6) is 5.75 Å². The maximum Gasteiger partial charge on any atom is 0.317 e. The smallest absolute Gasteiger partial charge is 0.317 e. The monoisotopic (exact) mass is 208 g/mol. The van der Waals surface area contributed by atoms with Gasteiger partial charge in [0.05, 0.1) is 13.5 Å². The van der Waals surface area contributed by atoms with Crippen molar-refractivity contribution in [1.82, 2.24) is 0 Å². The van der Waals surface area contributed by atoms with Crippen LogP contribution in [-0.2, 0) is 20.7 Å². The molecule has 0 amide bonds. The van der Waals surface area contributed by atoms with Crippen molar-refractivity contribution in [1.29, 1.82) is 0 Å². The van der Waals surface area contributed by atoms with E-state index in [1.807, 2.05) is 0 Å². The van der Waals surface area contributed by atoms with E-state index >= 15 is 0 Å². The summed E-state index contributed by atoms with van der Waals surface area (Å²) in [6, 6.07) is 6.99. The summed E-state index contributed by atoms with van der Waals surface area (Å²) in [6.07, 6.45) is 0.0869. The molecule has 0 saturated carbocycles. The first-order valence-electron chi connectivity index (χ1n) is 4.46. The molecule has 0 aliphatic carbocycles. The zero-order valence-corrected chi connectivity index (χ0v) is 8.65. The molecular formula is C11H12O4. The molecule has 0 N–H and O–H groups in total. The van der Waals surface area contributed by atoms with Crippen molar-refractivity contribution < 1.29 is 19.1 Å². The number of ether oxygens (including phenoxy) is 2. The van der Waals surface area contributed by atoms with E-state index < -0.39 is 11.9 Å².